The lowest BCUT2D eigenvalue weighted by atomic mass is 9.69. The monoisotopic (exact) mass is 269 g/mol. The Balaban J connectivity index is 2.91. The van der Waals surface area contributed by atoms with Crippen LogP contribution >= 0.6 is 0 Å². The molecule has 0 N–H and O–H groups in total. The predicted octanol–water partition coefficient (Wildman–Crippen LogP) is 3.48. The van der Waals surface area contributed by atoms with Crippen LogP contribution in [0.4, 0.5) is 0 Å². The van der Waals surface area contributed by atoms with Gasteiger partial charge in [0.2, 0.25) is 0 Å². The van der Waals surface area contributed by atoms with E-state index in [1.54, 1.807) is 0 Å². The van der Waals surface area contributed by atoms with E-state index in [1.807, 2.05) is 6.92 Å². The predicted molar refractivity (Wildman–Crippen MR) is 79.1 cm³/mol. The van der Waals surface area contributed by atoms with Crippen LogP contribution in [0.2, 0.25) is 0 Å². The van der Waals surface area contributed by atoms with E-state index in [2.05, 4.69) is 32.6 Å². The molecule has 3 nitrogen and oxygen atoms in total. The van der Waals surface area contributed by atoms with Gasteiger partial charge in [-0.1, -0.05) is 27.7 Å². The number of esters is 1. The maximum atomic E-state index is 12.0. The van der Waals surface area contributed by atoms with Crippen molar-refractivity contribution in [1.29, 1.82) is 0 Å². The molecule has 19 heavy (non-hydrogen) atoms. The Morgan fingerprint density at radius 2 is 1.68 bits per heavy atom. The second-order valence-corrected chi connectivity index (χ2v) is 6.23. The van der Waals surface area contributed by atoms with Gasteiger partial charge in [-0.3, -0.25) is 9.69 Å². The van der Waals surface area contributed by atoms with Crippen molar-refractivity contribution in [1.82, 2.24) is 4.90 Å². The zero-order valence-corrected chi connectivity index (χ0v) is 13.4. The van der Waals surface area contributed by atoms with Crippen LogP contribution in [0.1, 0.15) is 60.3 Å². The van der Waals surface area contributed by atoms with Gasteiger partial charge in [-0.25, -0.2) is 0 Å². The summed E-state index contributed by atoms with van der Waals surface area (Å²) in [5, 5.41) is 0. The average Bonchev–Trinajstić information content (AvgIpc) is 2.28. The summed E-state index contributed by atoms with van der Waals surface area (Å²) in [6, 6.07) is 0. The van der Waals surface area contributed by atoms with Crippen LogP contribution in [0, 0.1) is 11.8 Å². The molecule has 1 aliphatic rings. The number of carbonyl (C=O) groups is 1. The van der Waals surface area contributed by atoms with Gasteiger partial charge >= 0.3 is 5.97 Å². The molecule has 0 spiro atoms. The minimum absolute atomic E-state index is 0.0207. The standard InChI is InChI=1S/C16H31NO2/c1-6-17(7-2)16(12-15(18)19-8-3)10-13(4)9-14(5)11-16/h13-14H,6-12H2,1-5H3. The summed E-state index contributed by atoms with van der Waals surface area (Å²) in [7, 11) is 0. The lowest BCUT2D eigenvalue weighted by Crippen LogP contribution is -2.54. The van der Waals surface area contributed by atoms with E-state index in [1.165, 1.54) is 6.42 Å². The third kappa shape index (κ3) is 4.20. The largest absolute Gasteiger partial charge is 0.466 e. The first-order valence-corrected chi connectivity index (χ1v) is 7.88. The highest BCUT2D eigenvalue weighted by molar-refractivity contribution is 5.71. The smallest absolute Gasteiger partial charge is 0.307 e. The maximum Gasteiger partial charge on any atom is 0.307 e. The van der Waals surface area contributed by atoms with Gasteiger partial charge in [0.05, 0.1) is 13.0 Å². The van der Waals surface area contributed by atoms with Crippen molar-refractivity contribution >= 4 is 5.97 Å². The maximum absolute atomic E-state index is 12.0. The molecule has 2 unspecified atom stereocenters. The molecule has 112 valence electrons. The molecule has 1 rings (SSSR count). The van der Waals surface area contributed by atoms with Crippen molar-refractivity contribution in [3.05, 3.63) is 0 Å². The fraction of sp³-hybridized carbons (Fsp3) is 0.938. The molecule has 0 aliphatic heterocycles. The normalized spacial score (nSPS) is 31.5. The fourth-order valence-corrected chi connectivity index (χ4v) is 4.12. The van der Waals surface area contributed by atoms with Crippen LogP contribution in [0.3, 0.4) is 0 Å². The molecule has 1 saturated carbocycles. The first kappa shape index (κ1) is 16.5. The average molecular weight is 269 g/mol. The molecule has 0 aromatic carbocycles. The molecule has 0 aromatic heterocycles. The third-order valence-electron chi connectivity index (χ3n) is 4.47. The van der Waals surface area contributed by atoms with Crippen molar-refractivity contribution < 1.29 is 9.53 Å². The minimum atomic E-state index is -0.0318. The van der Waals surface area contributed by atoms with Gasteiger partial charge in [0, 0.05) is 5.54 Å². The number of rotatable bonds is 6. The lowest BCUT2D eigenvalue weighted by Gasteiger charge is -2.49. The molecule has 1 fully saturated rings. The Morgan fingerprint density at radius 3 is 2.11 bits per heavy atom. The molecule has 0 bridgehead atoms. The van der Waals surface area contributed by atoms with Crippen LogP contribution in [0.25, 0.3) is 0 Å². The molecule has 0 amide bonds. The Bertz CT molecular complexity index is 276. The molecular weight excluding hydrogens is 238 g/mol. The Labute approximate surface area is 118 Å². The number of hydrogen-bond acceptors (Lipinski definition) is 3. The second-order valence-electron chi connectivity index (χ2n) is 6.23. The van der Waals surface area contributed by atoms with Crippen LogP contribution in [-0.4, -0.2) is 36.1 Å². The molecule has 3 heteroatoms. The van der Waals surface area contributed by atoms with E-state index >= 15 is 0 Å². The molecule has 0 aromatic rings. The SMILES string of the molecule is CCOC(=O)CC1(N(CC)CC)CC(C)CC(C)C1. The first-order valence-electron chi connectivity index (χ1n) is 7.88. The summed E-state index contributed by atoms with van der Waals surface area (Å²) in [5.74, 6) is 1.35. The summed E-state index contributed by atoms with van der Waals surface area (Å²) in [6.45, 7) is 13.4. The summed E-state index contributed by atoms with van der Waals surface area (Å²) in [6.07, 6.45) is 4.08. The quantitative estimate of drug-likeness (QED) is 0.691. The van der Waals surface area contributed by atoms with Crippen molar-refractivity contribution in [2.75, 3.05) is 19.7 Å². The van der Waals surface area contributed by atoms with E-state index < -0.39 is 0 Å². The molecular formula is C16H31NO2. The van der Waals surface area contributed by atoms with Crippen molar-refractivity contribution in [2.24, 2.45) is 11.8 Å². The number of carbonyl (C=O) groups excluding carboxylic acids is 1. The molecule has 0 heterocycles. The fourth-order valence-electron chi connectivity index (χ4n) is 4.12. The van der Waals surface area contributed by atoms with Crippen molar-refractivity contribution in [3.63, 3.8) is 0 Å². The number of hydrogen-bond donors (Lipinski definition) is 0. The van der Waals surface area contributed by atoms with Gasteiger partial charge in [-0.2, -0.15) is 0 Å². The highest BCUT2D eigenvalue weighted by atomic mass is 16.5. The molecule has 0 saturated heterocycles. The minimum Gasteiger partial charge on any atom is -0.466 e. The molecule has 2 atom stereocenters. The van der Waals surface area contributed by atoms with Gasteiger partial charge < -0.3 is 4.74 Å². The Kier molecular flexibility index (Phi) is 6.31. The van der Waals surface area contributed by atoms with E-state index in [0.29, 0.717) is 24.9 Å². The zero-order valence-electron chi connectivity index (χ0n) is 13.4. The Hall–Kier alpha value is -0.570. The van der Waals surface area contributed by atoms with Gasteiger partial charge in [-0.15, -0.1) is 0 Å². The zero-order chi connectivity index (χ0) is 14.5. The third-order valence-corrected chi connectivity index (χ3v) is 4.47. The highest BCUT2D eigenvalue weighted by Crippen LogP contribution is 2.42. The van der Waals surface area contributed by atoms with E-state index in [4.69, 9.17) is 4.74 Å². The number of nitrogens with zero attached hydrogens (tertiary/aromatic N) is 1. The van der Waals surface area contributed by atoms with Gasteiger partial charge in [0.1, 0.15) is 0 Å². The number of ether oxygens (including phenoxy) is 1. The summed E-state index contributed by atoms with van der Waals surface area (Å²) < 4.78 is 5.21. The topological polar surface area (TPSA) is 29.5 Å². The van der Waals surface area contributed by atoms with Crippen molar-refractivity contribution in [3.8, 4) is 0 Å². The van der Waals surface area contributed by atoms with Crippen LogP contribution < -0.4 is 0 Å². The van der Waals surface area contributed by atoms with E-state index in [9.17, 15) is 4.79 Å². The summed E-state index contributed by atoms with van der Waals surface area (Å²) >= 11 is 0. The van der Waals surface area contributed by atoms with Gasteiger partial charge in [0.25, 0.3) is 0 Å². The van der Waals surface area contributed by atoms with E-state index in [-0.39, 0.29) is 11.5 Å². The summed E-state index contributed by atoms with van der Waals surface area (Å²) in [4.78, 5) is 14.5. The molecule has 0 radical (unpaired) electrons. The van der Waals surface area contributed by atoms with Crippen LogP contribution in [0.15, 0.2) is 0 Å². The van der Waals surface area contributed by atoms with Crippen LogP contribution in [-0.2, 0) is 9.53 Å². The van der Waals surface area contributed by atoms with Crippen molar-refractivity contribution in [2.45, 2.75) is 65.8 Å². The lowest BCUT2D eigenvalue weighted by molar-refractivity contribution is -0.148. The van der Waals surface area contributed by atoms with Gasteiger partial charge in [0.15, 0.2) is 0 Å². The van der Waals surface area contributed by atoms with Gasteiger partial charge in [-0.05, 0) is 51.1 Å². The summed E-state index contributed by atoms with van der Waals surface area (Å²) in [5.41, 5.74) is 0.0207. The highest BCUT2D eigenvalue weighted by Gasteiger charge is 2.43. The molecule has 1 aliphatic carbocycles. The van der Waals surface area contributed by atoms with E-state index in [0.717, 1.165) is 25.9 Å². The van der Waals surface area contributed by atoms with Crippen LogP contribution in [0.5, 0.6) is 0 Å². The Morgan fingerprint density at radius 1 is 1.16 bits per heavy atom. The first-order chi connectivity index (χ1) is 8.97. The second kappa shape index (κ2) is 7.28.